The van der Waals surface area contributed by atoms with Gasteiger partial charge in [-0.15, -0.1) is 0 Å². The van der Waals surface area contributed by atoms with Crippen LogP contribution in [0.2, 0.25) is 0 Å². The van der Waals surface area contributed by atoms with E-state index >= 15 is 0 Å². The molecule has 168 valence electrons. The fourth-order valence-corrected chi connectivity index (χ4v) is 6.22. The van der Waals surface area contributed by atoms with Gasteiger partial charge in [0.05, 0.1) is 34.2 Å². The van der Waals surface area contributed by atoms with Gasteiger partial charge in [-0.2, -0.15) is 0 Å². The van der Waals surface area contributed by atoms with Gasteiger partial charge < -0.3 is 14.8 Å². The molecule has 2 aliphatic rings. The highest BCUT2D eigenvalue weighted by atomic mass is 32.1. The summed E-state index contributed by atoms with van der Waals surface area (Å²) < 4.78 is 16.1. The molecular weight excluding hydrogens is 444 g/mol. The minimum absolute atomic E-state index is 0.0149. The first kappa shape index (κ1) is 21.5. The van der Waals surface area contributed by atoms with Crippen LogP contribution in [0, 0.1) is 6.92 Å². The van der Waals surface area contributed by atoms with Crippen molar-refractivity contribution in [3.8, 4) is 21.3 Å². The normalized spacial score (nSPS) is 15.8. The molecule has 32 heavy (non-hydrogen) atoms. The van der Waals surface area contributed by atoms with E-state index < -0.39 is 0 Å². The third-order valence-corrected chi connectivity index (χ3v) is 7.87. The number of aromatic nitrogens is 2. The number of carbonyl (C=O) groups is 1. The number of nitrogens with zero attached hydrogens (tertiary/aromatic N) is 3. The van der Waals surface area contributed by atoms with E-state index in [9.17, 15) is 4.79 Å². The molecule has 0 unspecified atom stereocenters. The zero-order valence-electron chi connectivity index (χ0n) is 18.1. The fourth-order valence-electron chi connectivity index (χ4n) is 4.16. The lowest BCUT2D eigenvalue weighted by atomic mass is 9.93. The van der Waals surface area contributed by atoms with Crippen LogP contribution >= 0.6 is 22.9 Å². The standard InChI is InChI=1S/C23H26N4O3S2/c1-15-18(4-2-7-24-15)30-23-19-17(6-5-16-14-26-32-20(16)19)21(31-23)22(28)25-8-3-9-27-10-12-29-13-11-27/h2,4,7,14H,3,5-6,8-13H2,1H3,(H,25,28). The van der Waals surface area contributed by atoms with Gasteiger partial charge in [-0.05, 0) is 67.5 Å². The third kappa shape index (κ3) is 4.43. The van der Waals surface area contributed by atoms with Gasteiger partial charge in [0, 0.05) is 32.0 Å². The molecule has 0 aromatic carbocycles. The van der Waals surface area contributed by atoms with Gasteiger partial charge in [0.2, 0.25) is 0 Å². The molecular formula is C23H26N4O3S2. The second-order valence-corrected chi connectivity index (χ2v) is 9.79. The summed E-state index contributed by atoms with van der Waals surface area (Å²) in [4.78, 5) is 21.7. The Bertz CT molecular complexity index is 1100. The molecule has 1 saturated heterocycles. The van der Waals surface area contributed by atoms with E-state index in [0.717, 1.165) is 83.7 Å². The first-order chi connectivity index (χ1) is 15.7. The Morgan fingerprint density at radius 2 is 2.19 bits per heavy atom. The highest BCUT2D eigenvalue weighted by Gasteiger charge is 2.31. The number of rotatable bonds is 7. The van der Waals surface area contributed by atoms with Crippen LogP contribution in [0.5, 0.6) is 10.8 Å². The number of amides is 1. The maximum Gasteiger partial charge on any atom is 0.261 e. The lowest BCUT2D eigenvalue weighted by molar-refractivity contribution is 0.0374. The molecule has 9 heteroatoms. The van der Waals surface area contributed by atoms with Crippen LogP contribution in [0.4, 0.5) is 0 Å². The number of carbonyl (C=O) groups excluding carboxylic acids is 1. The van der Waals surface area contributed by atoms with E-state index in [2.05, 4.69) is 19.6 Å². The van der Waals surface area contributed by atoms with E-state index in [0.29, 0.717) is 12.3 Å². The van der Waals surface area contributed by atoms with Crippen molar-refractivity contribution >= 4 is 28.8 Å². The Morgan fingerprint density at radius 1 is 1.31 bits per heavy atom. The number of morpholine rings is 1. The zero-order valence-corrected chi connectivity index (χ0v) is 19.7. The molecule has 1 aliphatic heterocycles. The van der Waals surface area contributed by atoms with Crippen molar-refractivity contribution in [2.45, 2.75) is 26.2 Å². The van der Waals surface area contributed by atoms with Gasteiger partial charge in [0.25, 0.3) is 5.91 Å². The lowest BCUT2D eigenvalue weighted by Gasteiger charge is -2.26. The zero-order chi connectivity index (χ0) is 21.9. The Morgan fingerprint density at radius 3 is 3.03 bits per heavy atom. The summed E-state index contributed by atoms with van der Waals surface area (Å²) in [5.41, 5.74) is 4.16. The topological polar surface area (TPSA) is 76.6 Å². The summed E-state index contributed by atoms with van der Waals surface area (Å²) in [6.07, 6.45) is 6.34. The highest BCUT2D eigenvalue weighted by Crippen LogP contribution is 2.50. The summed E-state index contributed by atoms with van der Waals surface area (Å²) in [5.74, 6) is 0.699. The minimum Gasteiger partial charge on any atom is -0.444 e. The molecule has 5 rings (SSSR count). The van der Waals surface area contributed by atoms with Gasteiger partial charge in [0.1, 0.15) is 5.75 Å². The fraction of sp³-hybridized carbons (Fsp3) is 0.435. The molecule has 3 aromatic rings. The predicted molar refractivity (Wildman–Crippen MR) is 126 cm³/mol. The molecule has 1 aliphatic carbocycles. The van der Waals surface area contributed by atoms with Crippen molar-refractivity contribution < 1.29 is 14.3 Å². The molecule has 0 saturated carbocycles. The van der Waals surface area contributed by atoms with Crippen LogP contribution in [0.25, 0.3) is 10.4 Å². The van der Waals surface area contributed by atoms with Crippen LogP contribution in [0.15, 0.2) is 24.5 Å². The maximum atomic E-state index is 13.1. The second kappa shape index (κ2) is 9.66. The van der Waals surface area contributed by atoms with Crippen LogP contribution in [-0.2, 0) is 17.6 Å². The van der Waals surface area contributed by atoms with Gasteiger partial charge in [0.15, 0.2) is 5.06 Å². The van der Waals surface area contributed by atoms with E-state index in [1.807, 2.05) is 25.3 Å². The molecule has 1 amide bonds. The van der Waals surface area contributed by atoms with Gasteiger partial charge in [-0.3, -0.25) is 14.7 Å². The Labute approximate surface area is 195 Å². The number of hydrogen-bond donors (Lipinski definition) is 1. The van der Waals surface area contributed by atoms with Crippen LogP contribution in [-0.4, -0.2) is 59.6 Å². The number of fused-ring (bicyclic) bond motifs is 3. The van der Waals surface area contributed by atoms with E-state index in [4.69, 9.17) is 9.47 Å². The van der Waals surface area contributed by atoms with Crippen molar-refractivity contribution in [1.82, 2.24) is 19.6 Å². The van der Waals surface area contributed by atoms with Crippen LogP contribution < -0.4 is 10.1 Å². The number of aryl methyl sites for hydroxylation is 2. The van der Waals surface area contributed by atoms with E-state index in [1.54, 1.807) is 6.20 Å². The quantitative estimate of drug-likeness (QED) is 0.528. The number of ether oxygens (including phenoxy) is 2. The molecule has 0 atom stereocenters. The maximum absolute atomic E-state index is 13.1. The molecule has 4 heterocycles. The lowest BCUT2D eigenvalue weighted by Crippen LogP contribution is -2.38. The number of pyridine rings is 1. The summed E-state index contributed by atoms with van der Waals surface area (Å²) in [7, 11) is 0. The largest absolute Gasteiger partial charge is 0.444 e. The Balaban J connectivity index is 1.35. The predicted octanol–water partition coefficient (Wildman–Crippen LogP) is 3.92. The Kier molecular flexibility index (Phi) is 6.49. The molecule has 0 radical (unpaired) electrons. The first-order valence-corrected chi connectivity index (χ1v) is 12.6. The smallest absolute Gasteiger partial charge is 0.261 e. The molecule has 3 aromatic heterocycles. The van der Waals surface area contributed by atoms with Crippen molar-refractivity contribution in [1.29, 1.82) is 0 Å². The third-order valence-electron chi connectivity index (χ3n) is 5.90. The molecule has 7 nitrogen and oxygen atoms in total. The summed E-state index contributed by atoms with van der Waals surface area (Å²) >= 11 is 2.90. The summed E-state index contributed by atoms with van der Waals surface area (Å²) in [5, 5.41) is 3.88. The van der Waals surface area contributed by atoms with Crippen LogP contribution in [0.3, 0.4) is 0 Å². The summed E-state index contributed by atoms with van der Waals surface area (Å²) in [6.45, 7) is 7.10. The number of thiophene rings is 1. The molecule has 0 spiro atoms. The monoisotopic (exact) mass is 470 g/mol. The summed E-state index contributed by atoms with van der Waals surface area (Å²) in [6, 6.07) is 3.78. The minimum atomic E-state index is -0.0149. The van der Waals surface area contributed by atoms with Gasteiger partial charge in [-0.25, -0.2) is 4.37 Å². The van der Waals surface area contributed by atoms with Crippen molar-refractivity contribution in [2.24, 2.45) is 0 Å². The first-order valence-electron chi connectivity index (χ1n) is 11.0. The highest BCUT2D eigenvalue weighted by molar-refractivity contribution is 7.17. The van der Waals surface area contributed by atoms with E-state index in [-0.39, 0.29) is 5.91 Å². The number of hydrogen-bond acceptors (Lipinski definition) is 8. The van der Waals surface area contributed by atoms with Crippen molar-refractivity contribution in [2.75, 3.05) is 39.4 Å². The number of nitrogens with one attached hydrogen (secondary N) is 1. The van der Waals surface area contributed by atoms with Crippen molar-refractivity contribution in [3.63, 3.8) is 0 Å². The van der Waals surface area contributed by atoms with Crippen LogP contribution in [0.1, 0.15) is 32.9 Å². The van der Waals surface area contributed by atoms with Crippen molar-refractivity contribution in [3.05, 3.63) is 46.2 Å². The van der Waals surface area contributed by atoms with E-state index in [1.165, 1.54) is 28.4 Å². The average Bonchev–Trinajstić information content (AvgIpc) is 3.43. The molecule has 1 fully saturated rings. The van der Waals surface area contributed by atoms with Gasteiger partial charge in [-0.1, -0.05) is 11.3 Å². The second-order valence-electron chi connectivity index (χ2n) is 8.00. The molecule has 1 N–H and O–H groups in total. The Hall–Kier alpha value is -2.33. The molecule has 0 bridgehead atoms. The average molecular weight is 471 g/mol. The SMILES string of the molecule is Cc1ncccc1Oc1sc(C(=O)NCCCN2CCOCC2)c2c1-c1sncc1CC2. The van der Waals surface area contributed by atoms with Gasteiger partial charge >= 0.3 is 0 Å².